The lowest BCUT2D eigenvalue weighted by molar-refractivity contribution is -0.656. The Balaban J connectivity index is 3.82. The third-order valence-corrected chi connectivity index (χ3v) is 1.71. The van der Waals surface area contributed by atoms with Crippen LogP contribution in [0.4, 0.5) is 0 Å². The highest BCUT2D eigenvalue weighted by atomic mass is 32.1. The first kappa shape index (κ1) is 11.9. The fourth-order valence-corrected chi connectivity index (χ4v) is 0.793. The lowest BCUT2D eigenvalue weighted by Gasteiger charge is -2.14. The van der Waals surface area contributed by atoms with E-state index >= 15 is 0 Å². The third kappa shape index (κ3) is 5.18. The molecule has 0 unspecified atom stereocenters. The molecule has 0 saturated carbocycles. The zero-order valence-corrected chi connectivity index (χ0v) is 8.56. The highest BCUT2D eigenvalue weighted by molar-refractivity contribution is 7.80. The quantitative estimate of drug-likeness (QED) is 0.284. The molecule has 6 nitrogen and oxygen atoms in total. The van der Waals surface area contributed by atoms with E-state index in [1.165, 1.54) is 0 Å². The Hall–Kier alpha value is -1.11. The largest absolute Gasteiger partial charge is 0.366 e. The van der Waals surface area contributed by atoms with Gasteiger partial charge in [-0.1, -0.05) is 6.92 Å². The van der Waals surface area contributed by atoms with E-state index in [0.29, 0.717) is 11.7 Å². The third-order valence-electron chi connectivity index (χ3n) is 1.36. The molecule has 0 fully saturated rings. The lowest BCUT2D eigenvalue weighted by atomic mass is 10.5. The molecule has 13 heavy (non-hydrogen) atoms. The van der Waals surface area contributed by atoms with Gasteiger partial charge in [0, 0.05) is 7.05 Å². The topological polar surface area (TPSA) is 70.4 Å². The highest BCUT2D eigenvalue weighted by Gasteiger charge is 2.11. The smallest absolute Gasteiger partial charge is 0.167 e. The Morgan fingerprint density at radius 1 is 1.69 bits per heavy atom. The second kappa shape index (κ2) is 6.41. The van der Waals surface area contributed by atoms with E-state index in [0.717, 1.165) is 11.4 Å². The van der Waals surface area contributed by atoms with Crippen molar-refractivity contribution in [1.82, 2.24) is 15.6 Å². The van der Waals surface area contributed by atoms with Crippen LogP contribution < -0.4 is 10.6 Å². The number of hydrogen-bond acceptors (Lipinski definition) is 3. The monoisotopic (exact) mass is 206 g/mol. The van der Waals surface area contributed by atoms with E-state index in [1.807, 2.05) is 6.92 Å². The molecule has 0 aromatic rings. The Morgan fingerprint density at radius 2 is 2.31 bits per heavy atom. The van der Waals surface area contributed by atoms with E-state index in [4.69, 9.17) is 12.2 Å². The zero-order valence-electron chi connectivity index (χ0n) is 7.74. The molecular formula is C6H14N4O2S. The summed E-state index contributed by atoms with van der Waals surface area (Å²) in [7, 11) is 1.66. The van der Waals surface area contributed by atoms with Crippen LogP contribution in [0.25, 0.3) is 0 Å². The molecular weight excluding hydrogens is 192 g/mol. The van der Waals surface area contributed by atoms with Gasteiger partial charge < -0.3 is 10.6 Å². The summed E-state index contributed by atoms with van der Waals surface area (Å²) in [5.74, 6) is 0. The van der Waals surface area contributed by atoms with E-state index in [2.05, 4.69) is 10.6 Å². The molecule has 7 heteroatoms. The summed E-state index contributed by atoms with van der Waals surface area (Å²) in [6, 6.07) is 0. The van der Waals surface area contributed by atoms with Gasteiger partial charge in [-0.15, -0.1) is 5.01 Å². The van der Waals surface area contributed by atoms with Crippen LogP contribution in [-0.2, 0) is 0 Å². The summed E-state index contributed by atoms with van der Waals surface area (Å²) in [4.78, 5) is 10.4. The second-order valence-electron chi connectivity index (χ2n) is 2.38. The first-order chi connectivity index (χ1) is 6.11. The van der Waals surface area contributed by atoms with Crippen LogP contribution >= 0.6 is 12.2 Å². The van der Waals surface area contributed by atoms with E-state index < -0.39 is 5.03 Å². The van der Waals surface area contributed by atoms with Crippen molar-refractivity contribution < 1.29 is 5.03 Å². The lowest BCUT2D eigenvalue weighted by Crippen LogP contribution is -2.44. The summed E-state index contributed by atoms with van der Waals surface area (Å²) in [5, 5.41) is 16.8. The SMILES string of the molecule is CCCN(CNC(=S)NC)[N+](=O)[O-]. The molecule has 0 aromatic carbocycles. The van der Waals surface area contributed by atoms with E-state index in [1.54, 1.807) is 7.05 Å². The molecule has 0 amide bonds. The zero-order chi connectivity index (χ0) is 10.3. The number of hydrogen-bond donors (Lipinski definition) is 2. The molecule has 0 bridgehead atoms. The van der Waals surface area contributed by atoms with E-state index in [-0.39, 0.29) is 6.67 Å². The van der Waals surface area contributed by atoms with Gasteiger partial charge in [-0.05, 0) is 18.6 Å². The molecule has 2 N–H and O–H groups in total. The predicted molar refractivity (Wildman–Crippen MR) is 53.7 cm³/mol. The van der Waals surface area contributed by atoms with Crippen molar-refractivity contribution in [3.8, 4) is 0 Å². The van der Waals surface area contributed by atoms with Crippen LogP contribution in [0.2, 0.25) is 0 Å². The van der Waals surface area contributed by atoms with Gasteiger partial charge in [-0.3, -0.25) is 0 Å². The summed E-state index contributed by atoms with van der Waals surface area (Å²) in [5.41, 5.74) is 0. The van der Waals surface area contributed by atoms with Crippen LogP contribution in [0.5, 0.6) is 0 Å². The van der Waals surface area contributed by atoms with Crippen LogP contribution in [-0.4, -0.2) is 35.4 Å². The van der Waals surface area contributed by atoms with Crippen LogP contribution in [0.15, 0.2) is 0 Å². The summed E-state index contributed by atoms with van der Waals surface area (Å²) >= 11 is 4.77. The van der Waals surface area contributed by atoms with E-state index in [9.17, 15) is 10.1 Å². The molecule has 0 atom stereocenters. The van der Waals surface area contributed by atoms with Crippen molar-refractivity contribution in [2.24, 2.45) is 0 Å². The number of hydrazine groups is 1. The molecule has 0 aliphatic carbocycles. The number of nitro groups is 1. The fourth-order valence-electron chi connectivity index (χ4n) is 0.728. The van der Waals surface area contributed by atoms with Gasteiger partial charge in [0.1, 0.15) is 6.67 Å². The summed E-state index contributed by atoms with van der Waals surface area (Å²) < 4.78 is 0. The number of nitrogens with one attached hydrogen (secondary N) is 2. The molecule has 76 valence electrons. The van der Waals surface area contributed by atoms with Gasteiger partial charge in [0.2, 0.25) is 0 Å². The average molecular weight is 206 g/mol. The Kier molecular flexibility index (Phi) is 5.86. The number of rotatable bonds is 5. The minimum Gasteiger partial charge on any atom is -0.366 e. The van der Waals surface area contributed by atoms with Gasteiger partial charge in [0.15, 0.2) is 10.1 Å². The average Bonchev–Trinajstić information content (AvgIpc) is 2.11. The molecule has 0 rings (SSSR count). The van der Waals surface area contributed by atoms with Gasteiger partial charge in [0.05, 0.1) is 6.54 Å². The summed E-state index contributed by atoms with van der Waals surface area (Å²) in [6.45, 7) is 2.42. The van der Waals surface area contributed by atoms with Crippen molar-refractivity contribution >= 4 is 17.3 Å². The van der Waals surface area contributed by atoms with Gasteiger partial charge in [0.25, 0.3) is 0 Å². The maximum absolute atomic E-state index is 10.4. The Morgan fingerprint density at radius 3 is 2.69 bits per heavy atom. The fraction of sp³-hybridized carbons (Fsp3) is 0.833. The van der Waals surface area contributed by atoms with Crippen LogP contribution in [0.3, 0.4) is 0 Å². The Bertz CT molecular complexity index is 187. The van der Waals surface area contributed by atoms with Crippen LogP contribution in [0, 0.1) is 10.1 Å². The van der Waals surface area contributed by atoms with Crippen LogP contribution in [0.1, 0.15) is 13.3 Å². The minimum absolute atomic E-state index is 0.126. The molecule has 0 spiro atoms. The molecule has 0 radical (unpaired) electrons. The van der Waals surface area contributed by atoms with Crippen molar-refractivity contribution in [1.29, 1.82) is 0 Å². The summed E-state index contributed by atoms with van der Waals surface area (Å²) in [6.07, 6.45) is 0.731. The Labute approximate surface area is 82.4 Å². The normalized spacial score (nSPS) is 9.08. The van der Waals surface area contributed by atoms with Crippen molar-refractivity contribution in [3.63, 3.8) is 0 Å². The second-order valence-corrected chi connectivity index (χ2v) is 2.79. The molecule has 0 aliphatic rings. The molecule has 0 heterocycles. The molecule has 0 aromatic heterocycles. The first-order valence-electron chi connectivity index (χ1n) is 3.96. The number of thiocarbonyl (C=S) groups is 1. The van der Waals surface area contributed by atoms with Crippen molar-refractivity contribution in [2.75, 3.05) is 20.3 Å². The van der Waals surface area contributed by atoms with Gasteiger partial charge in [-0.2, -0.15) is 0 Å². The van der Waals surface area contributed by atoms with Gasteiger partial charge >= 0.3 is 0 Å². The van der Waals surface area contributed by atoms with Crippen molar-refractivity contribution in [3.05, 3.63) is 10.1 Å². The molecule has 0 saturated heterocycles. The van der Waals surface area contributed by atoms with Crippen molar-refractivity contribution in [2.45, 2.75) is 13.3 Å². The maximum atomic E-state index is 10.4. The standard InChI is InChI=1S/C6H14N4O2S/c1-3-4-9(10(11)12)5-8-6(13)7-2/h3-5H2,1-2H3,(H2,7,8,13). The van der Waals surface area contributed by atoms with Gasteiger partial charge in [-0.25, -0.2) is 10.1 Å². The minimum atomic E-state index is -0.436. The highest BCUT2D eigenvalue weighted by Crippen LogP contribution is 1.88. The predicted octanol–water partition coefficient (Wildman–Crippen LogP) is -0.0585. The molecule has 0 aliphatic heterocycles. The first-order valence-corrected chi connectivity index (χ1v) is 4.37. The number of nitrogens with zero attached hydrogens (tertiary/aromatic N) is 2. The maximum Gasteiger partial charge on any atom is 0.167 e.